The van der Waals surface area contributed by atoms with Crippen LogP contribution in [0.2, 0.25) is 0 Å². The standard InChI is InChI=1S/C7H12NO/c1-2-3-7-6-9-5-4-8-7/h2-3,7-8H,1,4-6H2/i7+1. The van der Waals surface area contributed by atoms with Gasteiger partial charge in [0, 0.05) is 19.0 Å². The summed E-state index contributed by atoms with van der Waals surface area (Å²) in [7, 11) is 0. The third-order valence-corrected chi connectivity index (χ3v) is 1.32. The van der Waals surface area contributed by atoms with Gasteiger partial charge in [0.1, 0.15) is 0 Å². The van der Waals surface area contributed by atoms with Gasteiger partial charge in [-0.1, -0.05) is 6.08 Å². The molecule has 9 heavy (non-hydrogen) atoms. The van der Waals surface area contributed by atoms with Crippen LogP contribution in [0.15, 0.2) is 12.7 Å². The van der Waals surface area contributed by atoms with Crippen LogP contribution in [0.3, 0.4) is 0 Å². The van der Waals surface area contributed by atoms with Gasteiger partial charge in [-0.3, -0.25) is 0 Å². The zero-order chi connectivity index (χ0) is 6.53. The van der Waals surface area contributed by atoms with E-state index in [0.717, 1.165) is 19.8 Å². The van der Waals surface area contributed by atoms with Crippen molar-refractivity contribution in [1.82, 2.24) is 5.32 Å². The fraction of sp³-hybridized carbons (Fsp3) is 0.571. The minimum atomic E-state index is 0.385. The van der Waals surface area contributed by atoms with Gasteiger partial charge < -0.3 is 10.1 Å². The predicted molar refractivity (Wildman–Crippen MR) is 37.1 cm³/mol. The molecule has 0 saturated carbocycles. The molecule has 1 radical (unpaired) electrons. The van der Waals surface area contributed by atoms with E-state index in [1.54, 1.807) is 6.08 Å². The molecule has 1 rings (SSSR count). The lowest BCUT2D eigenvalue weighted by Crippen LogP contribution is -2.41. The Labute approximate surface area is 55.9 Å². The molecule has 1 unspecified atom stereocenters. The van der Waals surface area contributed by atoms with Crippen molar-refractivity contribution in [3.63, 3.8) is 0 Å². The molecule has 1 N–H and O–H groups in total. The molecule has 0 aromatic heterocycles. The molecule has 0 amide bonds. The van der Waals surface area contributed by atoms with E-state index in [4.69, 9.17) is 4.74 Å². The molecule has 1 heterocycles. The summed E-state index contributed by atoms with van der Waals surface area (Å²) in [5.41, 5.74) is 0. The Kier molecular flexibility index (Phi) is 2.74. The van der Waals surface area contributed by atoms with Gasteiger partial charge in [-0.05, 0) is 0 Å². The van der Waals surface area contributed by atoms with Crippen molar-refractivity contribution in [2.75, 3.05) is 19.8 Å². The number of ether oxygens (including phenoxy) is 1. The Balaban J connectivity index is 2.15. The Morgan fingerprint density at radius 1 is 1.67 bits per heavy atom. The maximum atomic E-state index is 5.19. The molecule has 1 saturated heterocycles. The fourth-order valence-corrected chi connectivity index (χ4v) is 0.874. The molecule has 1 fully saturated rings. The molecule has 0 bridgehead atoms. The highest BCUT2D eigenvalue weighted by Gasteiger charge is 2.09. The minimum Gasteiger partial charge on any atom is -0.378 e. The lowest BCUT2D eigenvalue weighted by Gasteiger charge is -2.21. The Morgan fingerprint density at radius 2 is 2.56 bits per heavy atom. The van der Waals surface area contributed by atoms with Crippen LogP contribution in [-0.2, 0) is 4.74 Å². The van der Waals surface area contributed by atoms with Crippen LogP contribution in [0.4, 0.5) is 0 Å². The maximum Gasteiger partial charge on any atom is 0.0626 e. The lowest BCUT2D eigenvalue weighted by molar-refractivity contribution is 0.0870. The van der Waals surface area contributed by atoms with Gasteiger partial charge in [-0.2, -0.15) is 0 Å². The van der Waals surface area contributed by atoms with Gasteiger partial charge in [0.2, 0.25) is 0 Å². The SMILES string of the molecule is C=C[CH][13CH]1COCCN1. The Hall–Kier alpha value is -0.340. The third-order valence-electron chi connectivity index (χ3n) is 1.32. The molecule has 0 aromatic rings. The highest BCUT2D eigenvalue weighted by Crippen LogP contribution is 1.96. The number of nitrogens with one attached hydrogen (secondary N) is 1. The van der Waals surface area contributed by atoms with E-state index in [0.29, 0.717) is 6.04 Å². The Bertz CT molecular complexity index is 86.9. The zero-order valence-corrected chi connectivity index (χ0v) is 5.47. The van der Waals surface area contributed by atoms with Crippen LogP contribution in [0, 0.1) is 6.42 Å². The van der Waals surface area contributed by atoms with Crippen LogP contribution >= 0.6 is 0 Å². The monoisotopic (exact) mass is 127 g/mol. The number of hydrogen-bond donors (Lipinski definition) is 1. The van der Waals surface area contributed by atoms with E-state index in [1.165, 1.54) is 0 Å². The number of morpholine rings is 1. The van der Waals surface area contributed by atoms with Crippen LogP contribution in [0.5, 0.6) is 0 Å². The van der Waals surface area contributed by atoms with Crippen molar-refractivity contribution in [3.05, 3.63) is 19.1 Å². The van der Waals surface area contributed by atoms with Crippen molar-refractivity contribution in [2.24, 2.45) is 0 Å². The average Bonchev–Trinajstić information content (AvgIpc) is 1.91. The molecule has 0 aromatic carbocycles. The molecule has 2 heteroatoms. The first-order valence-corrected chi connectivity index (χ1v) is 3.20. The van der Waals surface area contributed by atoms with E-state index in [9.17, 15) is 0 Å². The lowest BCUT2D eigenvalue weighted by atomic mass is 10.4. The second-order valence-corrected chi connectivity index (χ2v) is 2.06. The first-order valence-electron chi connectivity index (χ1n) is 3.20. The van der Waals surface area contributed by atoms with Crippen molar-refractivity contribution < 1.29 is 4.74 Å². The van der Waals surface area contributed by atoms with Crippen LogP contribution in [-0.4, -0.2) is 25.8 Å². The molecule has 51 valence electrons. The summed E-state index contributed by atoms with van der Waals surface area (Å²) in [5.74, 6) is 0. The van der Waals surface area contributed by atoms with E-state index in [-0.39, 0.29) is 0 Å². The quantitative estimate of drug-likeness (QED) is 0.541. The summed E-state index contributed by atoms with van der Waals surface area (Å²) in [6, 6.07) is 0.385. The minimum absolute atomic E-state index is 0.385. The molecular formula is C7H12NO. The summed E-state index contributed by atoms with van der Waals surface area (Å²) in [6.07, 6.45) is 3.81. The molecule has 1 aliphatic heterocycles. The number of hydrogen-bond acceptors (Lipinski definition) is 2. The molecule has 0 aliphatic carbocycles. The van der Waals surface area contributed by atoms with Crippen molar-refractivity contribution in [3.8, 4) is 0 Å². The van der Waals surface area contributed by atoms with Crippen LogP contribution in [0.25, 0.3) is 0 Å². The van der Waals surface area contributed by atoms with E-state index in [1.807, 2.05) is 6.42 Å². The second kappa shape index (κ2) is 3.64. The average molecular weight is 127 g/mol. The summed E-state index contributed by atoms with van der Waals surface area (Å²) >= 11 is 0. The molecule has 1 aliphatic rings. The molecule has 2 nitrogen and oxygen atoms in total. The first kappa shape index (κ1) is 6.78. The number of rotatable bonds is 2. The molecule has 1 atom stereocenters. The van der Waals surface area contributed by atoms with Gasteiger partial charge in [-0.15, -0.1) is 6.58 Å². The highest BCUT2D eigenvalue weighted by molar-refractivity contribution is 4.97. The van der Waals surface area contributed by atoms with Gasteiger partial charge >= 0.3 is 0 Å². The Morgan fingerprint density at radius 3 is 3.11 bits per heavy atom. The predicted octanol–water partition coefficient (Wildman–Crippen LogP) is 0.365. The van der Waals surface area contributed by atoms with E-state index in [2.05, 4.69) is 11.9 Å². The van der Waals surface area contributed by atoms with Gasteiger partial charge in [-0.25, -0.2) is 0 Å². The zero-order valence-electron chi connectivity index (χ0n) is 5.47. The van der Waals surface area contributed by atoms with Crippen molar-refractivity contribution in [2.45, 2.75) is 6.04 Å². The van der Waals surface area contributed by atoms with Crippen LogP contribution < -0.4 is 5.32 Å². The smallest absolute Gasteiger partial charge is 0.0626 e. The topological polar surface area (TPSA) is 21.3 Å². The summed E-state index contributed by atoms with van der Waals surface area (Å²) in [5, 5.41) is 3.27. The maximum absolute atomic E-state index is 5.19. The van der Waals surface area contributed by atoms with Crippen LogP contribution in [0.1, 0.15) is 0 Å². The second-order valence-electron chi connectivity index (χ2n) is 2.06. The highest BCUT2D eigenvalue weighted by atomic mass is 16.5. The van der Waals surface area contributed by atoms with Gasteiger partial charge in [0.15, 0.2) is 0 Å². The first-order chi connectivity index (χ1) is 4.43. The molecular weight excluding hydrogens is 115 g/mol. The largest absolute Gasteiger partial charge is 0.378 e. The van der Waals surface area contributed by atoms with Gasteiger partial charge in [0.05, 0.1) is 13.2 Å². The summed E-state index contributed by atoms with van der Waals surface area (Å²) in [4.78, 5) is 0. The van der Waals surface area contributed by atoms with Crippen molar-refractivity contribution in [1.29, 1.82) is 0 Å². The van der Waals surface area contributed by atoms with Crippen molar-refractivity contribution >= 4 is 0 Å². The summed E-state index contributed by atoms with van der Waals surface area (Å²) < 4.78 is 5.19. The molecule has 0 spiro atoms. The van der Waals surface area contributed by atoms with Gasteiger partial charge in [0.25, 0.3) is 0 Å². The summed E-state index contributed by atoms with van der Waals surface area (Å²) in [6.45, 7) is 6.18. The fourth-order valence-electron chi connectivity index (χ4n) is 0.874. The normalized spacial score (nSPS) is 27.8. The third kappa shape index (κ3) is 2.16. The van der Waals surface area contributed by atoms with E-state index < -0.39 is 0 Å². The van der Waals surface area contributed by atoms with E-state index >= 15 is 0 Å².